The van der Waals surface area contributed by atoms with Gasteiger partial charge < -0.3 is 4.90 Å². The number of sulfonamides is 1. The molecule has 1 atom stereocenters. The van der Waals surface area contributed by atoms with Crippen molar-refractivity contribution < 1.29 is 17.6 Å². The van der Waals surface area contributed by atoms with Crippen LogP contribution >= 0.6 is 12.6 Å². The fourth-order valence-electron chi connectivity index (χ4n) is 6.76. The fraction of sp³-hybridized carbons (Fsp3) is 0.656. The number of benzene rings is 1. The van der Waals surface area contributed by atoms with Gasteiger partial charge in [-0.1, -0.05) is 18.2 Å². The van der Waals surface area contributed by atoms with Gasteiger partial charge in [-0.2, -0.15) is 12.6 Å². The van der Waals surface area contributed by atoms with Crippen molar-refractivity contribution in [2.75, 3.05) is 52.4 Å². The van der Waals surface area contributed by atoms with Crippen LogP contribution in [0.1, 0.15) is 67.2 Å². The number of nitrogens with zero attached hydrogens (tertiary/aromatic N) is 6. The minimum atomic E-state index is -3.04. The highest BCUT2D eigenvalue weighted by Gasteiger charge is 2.43. The molecule has 1 aromatic carbocycles. The fourth-order valence-corrected chi connectivity index (χ4v) is 9.01. The van der Waals surface area contributed by atoms with E-state index < -0.39 is 10.0 Å². The highest BCUT2D eigenvalue weighted by atomic mass is 32.2. The molecule has 6 rings (SSSR count). The van der Waals surface area contributed by atoms with Gasteiger partial charge in [-0.3, -0.25) is 14.6 Å². The van der Waals surface area contributed by atoms with Gasteiger partial charge in [-0.25, -0.2) is 27.1 Å². The summed E-state index contributed by atoms with van der Waals surface area (Å²) in [6.07, 6.45) is 6.80. The first-order chi connectivity index (χ1) is 21.0. The average molecular weight is 647 g/mol. The van der Waals surface area contributed by atoms with Crippen LogP contribution in [0, 0.1) is 25.6 Å². The molecule has 4 heterocycles. The van der Waals surface area contributed by atoms with Crippen molar-refractivity contribution in [3.05, 3.63) is 59.4 Å². The molecular weight excluding hydrogens is 600 g/mol. The lowest BCUT2D eigenvalue weighted by molar-refractivity contribution is 0.00862. The van der Waals surface area contributed by atoms with Gasteiger partial charge in [0.15, 0.2) is 0 Å². The SMILES string of the molecule is Cc1ncnc(C)c1C(=O)N1CCC(S)(N2CCN(CC3CCN(S(=O)(=O)C4CC4)CC3)C(C)C2)CC1.Fc1ccccc1. The number of aromatic nitrogens is 2. The molecule has 1 aromatic heterocycles. The topological polar surface area (TPSA) is 90.0 Å². The molecule has 3 aliphatic heterocycles. The number of thiol groups is 1. The van der Waals surface area contributed by atoms with Gasteiger partial charge in [0.1, 0.15) is 12.1 Å². The van der Waals surface area contributed by atoms with Crippen LogP contribution in [0.2, 0.25) is 0 Å². The molecule has 0 N–H and O–H groups in total. The van der Waals surface area contributed by atoms with Crippen molar-refractivity contribution in [1.82, 2.24) is 29.0 Å². The molecule has 3 saturated heterocycles. The first-order valence-electron chi connectivity index (χ1n) is 16.0. The normalized spacial score (nSPS) is 24.0. The van der Waals surface area contributed by atoms with Crippen molar-refractivity contribution in [1.29, 1.82) is 0 Å². The lowest BCUT2D eigenvalue weighted by atomic mass is 9.95. The maximum absolute atomic E-state index is 13.2. The Labute approximate surface area is 267 Å². The summed E-state index contributed by atoms with van der Waals surface area (Å²) < 4.78 is 38.8. The lowest BCUT2D eigenvalue weighted by Crippen LogP contribution is -2.61. The third kappa shape index (κ3) is 7.81. The number of carbonyl (C=O) groups is 1. The van der Waals surface area contributed by atoms with Crippen LogP contribution in [-0.4, -0.2) is 112 Å². The van der Waals surface area contributed by atoms with Crippen LogP contribution in [0.15, 0.2) is 36.7 Å². The second kappa shape index (κ2) is 14.1. The summed E-state index contributed by atoms with van der Waals surface area (Å²) in [5, 5.41) is -0.101. The van der Waals surface area contributed by atoms with Gasteiger partial charge in [0.2, 0.25) is 10.0 Å². The van der Waals surface area contributed by atoms with Gasteiger partial charge >= 0.3 is 0 Å². The molecule has 4 aliphatic rings. The third-order valence-corrected chi connectivity index (χ3v) is 12.9. The van der Waals surface area contributed by atoms with E-state index >= 15 is 0 Å². The number of carbonyl (C=O) groups excluding carboxylic acids is 1. The predicted octanol–water partition coefficient (Wildman–Crippen LogP) is 3.99. The molecule has 1 saturated carbocycles. The number of aryl methyl sites for hydroxylation is 2. The van der Waals surface area contributed by atoms with Crippen molar-refractivity contribution in [3.8, 4) is 0 Å². The van der Waals surface area contributed by atoms with Crippen LogP contribution in [0.5, 0.6) is 0 Å². The Bertz CT molecular complexity index is 1360. The number of piperidine rings is 2. The highest BCUT2D eigenvalue weighted by molar-refractivity contribution is 7.90. The van der Waals surface area contributed by atoms with Gasteiger partial charge in [0.25, 0.3) is 5.91 Å². The Morgan fingerprint density at radius 1 is 0.955 bits per heavy atom. The van der Waals surface area contributed by atoms with E-state index in [0.717, 1.165) is 76.1 Å². The van der Waals surface area contributed by atoms with E-state index in [1.54, 1.807) is 22.5 Å². The Kier molecular flexibility index (Phi) is 10.7. The van der Waals surface area contributed by atoms with Crippen molar-refractivity contribution in [2.45, 2.75) is 75.5 Å². The van der Waals surface area contributed by atoms with Crippen LogP contribution in [-0.2, 0) is 10.0 Å². The standard InChI is InChI=1S/C26H42N6O3S2.C6H5F/c1-19-16-31(15-14-30(19)17-22-6-10-32(11-7-22)37(34,35)23-4-5-23)26(36)8-12-29(13-9-26)25(33)24-20(2)27-18-28-21(24)3;7-6-4-2-1-3-5-6/h18-19,22-23,36H,4-17H2,1-3H3;1-5H. The van der Waals surface area contributed by atoms with E-state index in [1.807, 2.05) is 18.7 Å². The van der Waals surface area contributed by atoms with Gasteiger partial charge in [-0.05, 0) is 77.3 Å². The summed E-state index contributed by atoms with van der Waals surface area (Å²) in [7, 11) is -3.04. The van der Waals surface area contributed by atoms with E-state index in [-0.39, 0.29) is 21.8 Å². The largest absolute Gasteiger partial charge is 0.338 e. The van der Waals surface area contributed by atoms with Gasteiger partial charge in [0, 0.05) is 58.4 Å². The number of piperazine rings is 1. The van der Waals surface area contributed by atoms with Crippen molar-refractivity contribution in [3.63, 3.8) is 0 Å². The van der Waals surface area contributed by atoms with E-state index in [0.29, 0.717) is 43.7 Å². The molecule has 44 heavy (non-hydrogen) atoms. The molecule has 12 heteroatoms. The Hall–Kier alpha value is -2.12. The second-order valence-electron chi connectivity index (χ2n) is 12.9. The number of hydrogen-bond acceptors (Lipinski definition) is 8. The minimum absolute atomic E-state index is 0.0279. The van der Waals surface area contributed by atoms with Crippen LogP contribution in [0.25, 0.3) is 0 Å². The summed E-state index contributed by atoms with van der Waals surface area (Å²) in [4.78, 5) is 28.5. The Balaban J connectivity index is 0.000000484. The molecule has 9 nitrogen and oxygen atoms in total. The zero-order chi connectivity index (χ0) is 31.5. The van der Waals surface area contributed by atoms with Crippen LogP contribution in [0.4, 0.5) is 4.39 Å². The first-order valence-corrected chi connectivity index (χ1v) is 17.9. The smallest absolute Gasteiger partial charge is 0.257 e. The number of likely N-dealkylation sites (tertiary alicyclic amines) is 1. The number of hydrogen-bond donors (Lipinski definition) is 1. The summed E-state index contributed by atoms with van der Waals surface area (Å²) >= 11 is 5.17. The van der Waals surface area contributed by atoms with E-state index in [1.165, 1.54) is 18.5 Å². The lowest BCUT2D eigenvalue weighted by Gasteiger charge is -2.51. The number of halogens is 1. The quantitative estimate of drug-likeness (QED) is 0.475. The second-order valence-corrected chi connectivity index (χ2v) is 15.9. The minimum Gasteiger partial charge on any atom is -0.338 e. The highest BCUT2D eigenvalue weighted by Crippen LogP contribution is 2.36. The van der Waals surface area contributed by atoms with Crippen molar-refractivity contribution >= 4 is 28.6 Å². The van der Waals surface area contributed by atoms with Crippen LogP contribution < -0.4 is 0 Å². The predicted molar refractivity (Wildman–Crippen MR) is 174 cm³/mol. The molecule has 1 amide bonds. The average Bonchev–Trinajstić information content (AvgIpc) is 3.86. The summed E-state index contributed by atoms with van der Waals surface area (Å²) in [6, 6.07) is 8.37. The zero-order valence-electron chi connectivity index (χ0n) is 26.2. The molecule has 4 fully saturated rings. The zero-order valence-corrected chi connectivity index (χ0v) is 27.9. The van der Waals surface area contributed by atoms with Gasteiger partial charge in [0.05, 0.1) is 27.1 Å². The van der Waals surface area contributed by atoms with E-state index in [9.17, 15) is 17.6 Å². The Morgan fingerprint density at radius 2 is 1.57 bits per heavy atom. The molecule has 0 radical (unpaired) electrons. The summed E-state index contributed by atoms with van der Waals surface area (Å²) in [5.74, 6) is 0.412. The number of amides is 1. The maximum Gasteiger partial charge on any atom is 0.257 e. The Morgan fingerprint density at radius 3 is 2.09 bits per heavy atom. The molecule has 2 aromatic rings. The molecule has 0 spiro atoms. The summed E-state index contributed by atoms with van der Waals surface area (Å²) in [5.41, 5.74) is 2.10. The van der Waals surface area contributed by atoms with Crippen molar-refractivity contribution in [2.24, 2.45) is 5.92 Å². The molecule has 1 unspecified atom stereocenters. The molecule has 0 bridgehead atoms. The van der Waals surface area contributed by atoms with Gasteiger partial charge in [-0.15, -0.1) is 0 Å². The van der Waals surface area contributed by atoms with E-state index in [2.05, 4.69) is 26.7 Å². The monoisotopic (exact) mass is 646 g/mol. The number of rotatable bonds is 6. The summed E-state index contributed by atoms with van der Waals surface area (Å²) in [6.45, 7) is 12.8. The molecular formula is C32H47FN6O3S2. The first kappa shape index (κ1) is 33.2. The van der Waals surface area contributed by atoms with Crippen LogP contribution in [0.3, 0.4) is 0 Å². The maximum atomic E-state index is 13.2. The third-order valence-electron chi connectivity index (χ3n) is 9.75. The molecule has 1 aliphatic carbocycles. The van der Waals surface area contributed by atoms with E-state index in [4.69, 9.17) is 12.6 Å². The molecule has 242 valence electrons.